The van der Waals surface area contributed by atoms with Crippen LogP contribution in [0.1, 0.15) is 67.7 Å². The average Bonchev–Trinajstić information content (AvgIpc) is 2.50. The first-order valence-corrected chi connectivity index (χ1v) is 8.90. The summed E-state index contributed by atoms with van der Waals surface area (Å²) in [6.07, 6.45) is 2.31. The maximum atomic E-state index is 13.5. The lowest BCUT2D eigenvalue weighted by atomic mass is 9.64. The molecule has 0 aromatic rings. The lowest BCUT2D eigenvalue weighted by molar-refractivity contribution is -0.185. The van der Waals surface area contributed by atoms with Gasteiger partial charge in [0.2, 0.25) is 5.91 Å². The topological polar surface area (TPSA) is 84.7 Å². The van der Waals surface area contributed by atoms with E-state index >= 15 is 0 Å². The fourth-order valence-electron chi connectivity index (χ4n) is 4.91. The molecule has 0 aliphatic carbocycles. The molecule has 0 aromatic heterocycles. The zero-order valence-electron chi connectivity index (χ0n) is 16.2. The Hall–Kier alpha value is -1.14. The number of hydrogen-bond donors (Lipinski definition) is 2. The van der Waals surface area contributed by atoms with Crippen LogP contribution in [0.2, 0.25) is 0 Å². The zero-order chi connectivity index (χ0) is 18.6. The Morgan fingerprint density at radius 3 is 2.38 bits per heavy atom. The minimum Gasteiger partial charge on any atom is -0.369 e. The zero-order valence-corrected chi connectivity index (χ0v) is 16.2. The molecule has 3 N–H and O–H groups in total. The highest BCUT2D eigenvalue weighted by Gasteiger charge is 2.68. The van der Waals surface area contributed by atoms with Crippen LogP contribution in [0.5, 0.6) is 0 Å². The number of nitrogens with two attached hydrogens (primary N) is 1. The monoisotopic (exact) mass is 339 g/mol. The van der Waals surface area contributed by atoms with Gasteiger partial charge in [-0.3, -0.25) is 9.59 Å². The molecule has 2 rings (SSSR count). The molecule has 6 heteroatoms. The third kappa shape index (κ3) is 2.94. The summed E-state index contributed by atoms with van der Waals surface area (Å²) in [5.74, 6) is -1.33. The first kappa shape index (κ1) is 19.2. The van der Waals surface area contributed by atoms with Crippen LogP contribution >= 0.6 is 0 Å². The Labute approximate surface area is 145 Å². The highest BCUT2D eigenvalue weighted by molar-refractivity contribution is 5.95. The van der Waals surface area contributed by atoms with Crippen molar-refractivity contribution in [3.05, 3.63) is 0 Å². The number of nitrogens with one attached hydrogen (secondary N) is 1. The fourth-order valence-corrected chi connectivity index (χ4v) is 4.91. The van der Waals surface area contributed by atoms with Crippen molar-refractivity contribution in [1.29, 1.82) is 0 Å². The first-order chi connectivity index (χ1) is 10.8. The molecule has 2 saturated heterocycles. The highest BCUT2D eigenvalue weighted by Crippen LogP contribution is 2.50. The molecule has 2 fully saturated rings. The van der Waals surface area contributed by atoms with Gasteiger partial charge in [-0.15, -0.1) is 0 Å². The van der Waals surface area contributed by atoms with Crippen LogP contribution in [0.4, 0.5) is 0 Å². The van der Waals surface area contributed by atoms with E-state index in [1.807, 2.05) is 41.5 Å². The molecular formula is C18H33N3O3. The van der Waals surface area contributed by atoms with Crippen LogP contribution in [0, 0.1) is 5.92 Å². The molecule has 2 aliphatic heterocycles. The number of hydrogen-bond acceptors (Lipinski definition) is 4. The molecule has 1 spiro atoms. The minimum absolute atomic E-state index is 0.104. The van der Waals surface area contributed by atoms with E-state index in [-0.39, 0.29) is 11.4 Å². The molecule has 2 atom stereocenters. The molecule has 138 valence electrons. The third-order valence-electron chi connectivity index (χ3n) is 5.26. The smallest absolute Gasteiger partial charge is 0.258 e. The van der Waals surface area contributed by atoms with Gasteiger partial charge in [-0.1, -0.05) is 13.3 Å². The summed E-state index contributed by atoms with van der Waals surface area (Å²) in [5, 5.41) is 3.47. The molecule has 2 unspecified atom stereocenters. The average molecular weight is 339 g/mol. The Morgan fingerprint density at radius 2 is 1.88 bits per heavy atom. The quantitative estimate of drug-likeness (QED) is 0.817. The summed E-state index contributed by atoms with van der Waals surface area (Å²) in [7, 11) is 0. The van der Waals surface area contributed by atoms with E-state index in [2.05, 4.69) is 12.2 Å². The minimum atomic E-state index is -1.21. The molecule has 0 radical (unpaired) electrons. The van der Waals surface area contributed by atoms with E-state index in [1.54, 1.807) is 4.90 Å². The van der Waals surface area contributed by atoms with Crippen LogP contribution in [0.3, 0.4) is 0 Å². The van der Waals surface area contributed by atoms with Crippen molar-refractivity contribution < 1.29 is 14.3 Å². The number of amides is 2. The number of rotatable bonds is 4. The van der Waals surface area contributed by atoms with Crippen molar-refractivity contribution in [2.75, 3.05) is 6.54 Å². The van der Waals surface area contributed by atoms with E-state index in [1.165, 1.54) is 0 Å². The summed E-state index contributed by atoms with van der Waals surface area (Å²) in [4.78, 5) is 27.6. The number of carbonyl (C=O) groups excluding carboxylic acids is 2. The summed E-state index contributed by atoms with van der Waals surface area (Å²) in [6.45, 7) is 14.4. The summed E-state index contributed by atoms with van der Waals surface area (Å²) >= 11 is 0. The van der Waals surface area contributed by atoms with Gasteiger partial charge in [-0.2, -0.15) is 0 Å². The molecule has 24 heavy (non-hydrogen) atoms. The van der Waals surface area contributed by atoms with Crippen LogP contribution in [-0.4, -0.2) is 45.7 Å². The second-order valence-electron chi connectivity index (χ2n) is 8.99. The third-order valence-corrected chi connectivity index (χ3v) is 5.26. The van der Waals surface area contributed by atoms with Crippen LogP contribution in [-0.2, 0) is 14.3 Å². The SMILES string of the molecule is CCCCN1C(=O)C2(CC(C)(C)NC(C)(C)C2C(N)=O)OC1(C)C. The van der Waals surface area contributed by atoms with Crippen molar-refractivity contribution in [3.63, 3.8) is 0 Å². The standard InChI is InChI=1S/C18H33N3O3/c1-8-9-10-21-14(23)18(24-17(21,6)7)11-15(2,3)20-16(4,5)12(18)13(19)22/h12,20H,8-11H2,1-7H3,(H2,19,22). The number of piperidine rings is 1. The van der Waals surface area contributed by atoms with Gasteiger partial charge in [0.15, 0.2) is 5.60 Å². The summed E-state index contributed by atoms with van der Waals surface area (Å²) < 4.78 is 6.38. The van der Waals surface area contributed by atoms with E-state index < -0.39 is 28.7 Å². The number of unbranched alkanes of at least 4 members (excludes halogenated alkanes) is 1. The Kier molecular flexibility index (Phi) is 4.56. The number of nitrogens with zero attached hydrogens (tertiary/aromatic N) is 1. The fraction of sp³-hybridized carbons (Fsp3) is 0.889. The van der Waals surface area contributed by atoms with Gasteiger partial charge >= 0.3 is 0 Å². The molecule has 0 bridgehead atoms. The lowest BCUT2D eigenvalue weighted by Gasteiger charge is -2.54. The largest absolute Gasteiger partial charge is 0.369 e. The Balaban J connectivity index is 2.55. The molecule has 0 saturated carbocycles. The second kappa shape index (κ2) is 5.70. The predicted molar refractivity (Wildman–Crippen MR) is 93.1 cm³/mol. The molecule has 2 heterocycles. The molecule has 6 nitrogen and oxygen atoms in total. The molecule has 0 aromatic carbocycles. The molecule has 2 amide bonds. The van der Waals surface area contributed by atoms with Crippen molar-refractivity contribution in [3.8, 4) is 0 Å². The normalized spacial score (nSPS) is 33.9. The van der Waals surface area contributed by atoms with Gasteiger partial charge < -0.3 is 20.7 Å². The van der Waals surface area contributed by atoms with E-state index in [0.717, 1.165) is 12.8 Å². The van der Waals surface area contributed by atoms with Gasteiger partial charge in [0.05, 0.1) is 5.92 Å². The van der Waals surface area contributed by atoms with E-state index in [9.17, 15) is 9.59 Å². The van der Waals surface area contributed by atoms with Gasteiger partial charge in [0.25, 0.3) is 5.91 Å². The van der Waals surface area contributed by atoms with Gasteiger partial charge in [0, 0.05) is 24.0 Å². The second-order valence-corrected chi connectivity index (χ2v) is 8.99. The predicted octanol–water partition coefficient (Wildman–Crippen LogP) is 1.77. The van der Waals surface area contributed by atoms with Crippen LogP contribution < -0.4 is 11.1 Å². The van der Waals surface area contributed by atoms with Crippen molar-refractivity contribution in [2.24, 2.45) is 11.7 Å². The van der Waals surface area contributed by atoms with Crippen molar-refractivity contribution >= 4 is 11.8 Å². The van der Waals surface area contributed by atoms with Crippen molar-refractivity contribution in [1.82, 2.24) is 10.2 Å². The number of primary amides is 1. The van der Waals surface area contributed by atoms with E-state index in [0.29, 0.717) is 13.0 Å². The maximum absolute atomic E-state index is 13.5. The molecule has 2 aliphatic rings. The summed E-state index contributed by atoms with van der Waals surface area (Å²) in [5.41, 5.74) is 2.81. The van der Waals surface area contributed by atoms with E-state index in [4.69, 9.17) is 10.5 Å². The van der Waals surface area contributed by atoms with Crippen LogP contribution in [0.15, 0.2) is 0 Å². The maximum Gasteiger partial charge on any atom is 0.258 e. The Bertz CT molecular complexity index is 542. The van der Waals surface area contributed by atoms with Crippen molar-refractivity contribution in [2.45, 2.75) is 90.1 Å². The highest BCUT2D eigenvalue weighted by atomic mass is 16.6. The van der Waals surface area contributed by atoms with Gasteiger partial charge in [-0.25, -0.2) is 0 Å². The van der Waals surface area contributed by atoms with Gasteiger partial charge in [-0.05, 0) is 48.0 Å². The Morgan fingerprint density at radius 1 is 1.29 bits per heavy atom. The number of carbonyl (C=O) groups is 2. The molecular weight excluding hydrogens is 306 g/mol. The van der Waals surface area contributed by atoms with Gasteiger partial charge in [0.1, 0.15) is 5.72 Å². The number of ether oxygens (including phenoxy) is 1. The first-order valence-electron chi connectivity index (χ1n) is 8.90. The van der Waals surface area contributed by atoms with Crippen LogP contribution in [0.25, 0.3) is 0 Å². The lowest BCUT2D eigenvalue weighted by Crippen LogP contribution is -2.73. The summed E-state index contributed by atoms with van der Waals surface area (Å²) in [6, 6.07) is 0.